The predicted molar refractivity (Wildman–Crippen MR) is 102 cm³/mol. The van der Waals surface area contributed by atoms with Crippen molar-refractivity contribution in [3.8, 4) is 0 Å². The highest BCUT2D eigenvalue weighted by molar-refractivity contribution is 8.13. The molecule has 0 amide bonds. The zero-order valence-electron chi connectivity index (χ0n) is 14.9. The minimum Gasteiger partial charge on any atom is -0.465 e. The summed E-state index contributed by atoms with van der Waals surface area (Å²) in [5.41, 5.74) is 0.729. The molecule has 4 bridgehead atoms. The van der Waals surface area contributed by atoms with E-state index >= 15 is 0 Å². The highest BCUT2D eigenvalue weighted by Gasteiger charge is 2.51. The first-order valence-corrected chi connectivity index (χ1v) is 10.8. The third kappa shape index (κ3) is 3.26. The molecule has 0 radical (unpaired) electrons. The summed E-state index contributed by atoms with van der Waals surface area (Å²) >= 11 is 1.68. The molecule has 1 aliphatic heterocycles. The molecule has 4 aliphatic carbocycles. The number of ether oxygens (including phenoxy) is 2. The molecule has 4 saturated carbocycles. The van der Waals surface area contributed by atoms with Gasteiger partial charge in [-0.05, 0) is 68.4 Å². The molecule has 1 heterocycles. The molecule has 1 aromatic rings. The van der Waals surface area contributed by atoms with Crippen molar-refractivity contribution in [2.45, 2.75) is 50.2 Å². The molecule has 138 valence electrons. The summed E-state index contributed by atoms with van der Waals surface area (Å²) in [6.45, 7) is 0.292. The zero-order valence-corrected chi connectivity index (χ0v) is 15.7. The Kier molecular flexibility index (Phi) is 4.23. The van der Waals surface area contributed by atoms with E-state index in [1.165, 1.54) is 38.5 Å². The van der Waals surface area contributed by atoms with Crippen LogP contribution in [0.2, 0.25) is 0 Å². The number of hydrogen-bond acceptors (Lipinski definition) is 5. The number of rotatable bonds is 4. The quantitative estimate of drug-likeness (QED) is 0.741. The molecule has 0 unspecified atom stereocenters. The molecule has 0 spiro atoms. The normalized spacial score (nSPS) is 39.2. The van der Waals surface area contributed by atoms with Crippen LogP contribution >= 0.6 is 11.8 Å². The minimum atomic E-state index is -0.286. The van der Waals surface area contributed by atoms with Gasteiger partial charge >= 0.3 is 5.97 Å². The second kappa shape index (κ2) is 6.59. The van der Waals surface area contributed by atoms with Crippen LogP contribution in [-0.4, -0.2) is 35.2 Å². The maximum atomic E-state index is 12.1. The van der Waals surface area contributed by atoms with Crippen LogP contribution in [0.25, 0.3) is 0 Å². The van der Waals surface area contributed by atoms with E-state index in [-0.39, 0.29) is 17.6 Å². The molecule has 1 atom stereocenters. The number of hydrogen-bond donors (Lipinski definition) is 0. The Bertz CT molecular complexity index is 682. The Hall–Kier alpha value is -1.49. The van der Waals surface area contributed by atoms with E-state index in [2.05, 4.69) is 0 Å². The summed E-state index contributed by atoms with van der Waals surface area (Å²) in [5.74, 6) is 3.19. The van der Waals surface area contributed by atoms with Gasteiger partial charge in [-0.1, -0.05) is 30.0 Å². The molecule has 5 fully saturated rings. The number of carbonyl (C=O) groups excluding carboxylic acids is 1. The highest BCUT2D eigenvalue weighted by Crippen LogP contribution is 2.57. The van der Waals surface area contributed by atoms with E-state index in [4.69, 9.17) is 14.5 Å². The predicted octanol–water partition coefficient (Wildman–Crippen LogP) is 4.30. The molecule has 0 aromatic heterocycles. The topological polar surface area (TPSA) is 47.9 Å². The van der Waals surface area contributed by atoms with Gasteiger partial charge in [-0.25, -0.2) is 9.79 Å². The first-order valence-electron chi connectivity index (χ1n) is 9.79. The summed E-state index contributed by atoms with van der Waals surface area (Å²) < 4.78 is 11.4. The van der Waals surface area contributed by atoms with Crippen LogP contribution < -0.4 is 0 Å². The van der Waals surface area contributed by atoms with Gasteiger partial charge in [-0.15, -0.1) is 0 Å². The van der Waals surface area contributed by atoms with Gasteiger partial charge < -0.3 is 9.47 Å². The molecular formula is C21H25NO3S. The number of aliphatic imine (C=N–C) groups is 1. The summed E-state index contributed by atoms with van der Waals surface area (Å²) in [6.07, 6.45) is 7.95. The van der Waals surface area contributed by atoms with Gasteiger partial charge in [0.1, 0.15) is 12.7 Å². The van der Waals surface area contributed by atoms with Gasteiger partial charge in [0.2, 0.25) is 5.23 Å². The summed E-state index contributed by atoms with van der Waals surface area (Å²) in [5, 5.41) is 0.827. The smallest absolute Gasteiger partial charge is 0.338 e. The lowest BCUT2D eigenvalue weighted by Crippen LogP contribution is -2.49. The molecule has 6 rings (SSSR count). The van der Waals surface area contributed by atoms with Crippen molar-refractivity contribution >= 4 is 23.0 Å². The van der Waals surface area contributed by atoms with Crippen molar-refractivity contribution in [2.75, 3.05) is 12.4 Å². The van der Waals surface area contributed by atoms with Crippen LogP contribution in [0.15, 0.2) is 35.3 Å². The van der Waals surface area contributed by atoms with E-state index in [1.807, 2.05) is 18.2 Å². The largest absolute Gasteiger partial charge is 0.465 e. The average molecular weight is 372 g/mol. The van der Waals surface area contributed by atoms with Crippen molar-refractivity contribution in [3.63, 3.8) is 0 Å². The van der Waals surface area contributed by atoms with Gasteiger partial charge in [0, 0.05) is 5.75 Å². The maximum absolute atomic E-state index is 12.1. The van der Waals surface area contributed by atoms with Crippen molar-refractivity contribution in [1.82, 2.24) is 0 Å². The van der Waals surface area contributed by atoms with Gasteiger partial charge in [0.05, 0.1) is 11.1 Å². The Balaban J connectivity index is 1.19. The fraction of sp³-hybridized carbons (Fsp3) is 0.619. The third-order valence-corrected chi connectivity index (χ3v) is 7.38. The molecular weight excluding hydrogens is 346 g/mol. The second-order valence-electron chi connectivity index (χ2n) is 8.53. The Morgan fingerprint density at radius 1 is 1.12 bits per heavy atom. The van der Waals surface area contributed by atoms with Crippen LogP contribution in [0.1, 0.15) is 48.9 Å². The van der Waals surface area contributed by atoms with Crippen molar-refractivity contribution in [2.24, 2.45) is 22.7 Å². The van der Waals surface area contributed by atoms with E-state index < -0.39 is 0 Å². The molecule has 1 aromatic carbocycles. The van der Waals surface area contributed by atoms with Crippen molar-refractivity contribution in [1.29, 1.82) is 0 Å². The standard InChI is InChI=1S/C21H25NO3S/c23-19(17-4-2-1-3-5-17)24-12-18-13-26-20(25-18)22-21-9-14-6-15(10-21)8-16(7-14)11-21/h1-5,14-16,18H,6-13H2/t14?,15?,16?,18-,21?/m1/s1. The first-order chi connectivity index (χ1) is 12.7. The lowest BCUT2D eigenvalue weighted by atomic mass is 9.53. The lowest BCUT2D eigenvalue weighted by Gasteiger charge is -2.54. The number of thioether (sulfide) groups is 1. The highest BCUT2D eigenvalue weighted by atomic mass is 32.2. The third-order valence-electron chi connectivity index (χ3n) is 6.40. The zero-order chi connectivity index (χ0) is 17.6. The van der Waals surface area contributed by atoms with E-state index in [1.54, 1.807) is 23.9 Å². The fourth-order valence-electron chi connectivity index (χ4n) is 5.74. The Morgan fingerprint density at radius 3 is 2.42 bits per heavy atom. The van der Waals surface area contributed by atoms with Gasteiger partial charge in [0.25, 0.3) is 0 Å². The molecule has 5 heteroatoms. The van der Waals surface area contributed by atoms with Crippen LogP contribution in [0.3, 0.4) is 0 Å². The Morgan fingerprint density at radius 2 is 1.77 bits per heavy atom. The fourth-order valence-corrected chi connectivity index (χ4v) is 6.69. The number of nitrogens with zero attached hydrogens (tertiary/aromatic N) is 1. The van der Waals surface area contributed by atoms with Gasteiger partial charge in [-0.3, -0.25) is 0 Å². The summed E-state index contributed by atoms with van der Waals surface area (Å²) in [6, 6.07) is 9.11. The van der Waals surface area contributed by atoms with Crippen LogP contribution in [-0.2, 0) is 9.47 Å². The van der Waals surface area contributed by atoms with Crippen LogP contribution in [0, 0.1) is 17.8 Å². The summed E-state index contributed by atoms with van der Waals surface area (Å²) in [4.78, 5) is 17.2. The van der Waals surface area contributed by atoms with Gasteiger partial charge in [0.15, 0.2) is 0 Å². The Labute approximate surface area is 158 Å². The van der Waals surface area contributed by atoms with E-state index in [9.17, 15) is 4.79 Å². The van der Waals surface area contributed by atoms with Crippen LogP contribution in [0.4, 0.5) is 0 Å². The minimum absolute atomic E-state index is 0.0830. The molecule has 0 N–H and O–H groups in total. The average Bonchev–Trinajstić information content (AvgIpc) is 3.06. The van der Waals surface area contributed by atoms with E-state index in [0.717, 1.165) is 28.7 Å². The first kappa shape index (κ1) is 16.7. The van der Waals surface area contributed by atoms with Crippen molar-refractivity contribution < 1.29 is 14.3 Å². The maximum Gasteiger partial charge on any atom is 0.338 e. The number of carbonyl (C=O) groups is 1. The van der Waals surface area contributed by atoms with Gasteiger partial charge in [-0.2, -0.15) is 0 Å². The van der Waals surface area contributed by atoms with Crippen LogP contribution in [0.5, 0.6) is 0 Å². The van der Waals surface area contributed by atoms with E-state index in [0.29, 0.717) is 12.2 Å². The summed E-state index contributed by atoms with van der Waals surface area (Å²) in [7, 11) is 0. The molecule has 26 heavy (non-hydrogen) atoms. The monoisotopic (exact) mass is 371 g/mol. The lowest BCUT2D eigenvalue weighted by molar-refractivity contribution is -0.0000971. The number of benzene rings is 1. The van der Waals surface area contributed by atoms with Crippen molar-refractivity contribution in [3.05, 3.63) is 35.9 Å². The molecule has 5 aliphatic rings. The SMILES string of the molecule is O=C(OC[C@@H]1CSC(=NC23CC4CC(CC(C4)C2)C3)O1)c1ccccc1. The number of esters is 1. The molecule has 4 nitrogen and oxygen atoms in total. The molecule has 1 saturated heterocycles. The second-order valence-corrected chi connectivity index (χ2v) is 9.51.